The van der Waals surface area contributed by atoms with Gasteiger partial charge in [-0.05, 0) is 62.4 Å². The minimum Gasteiger partial charge on any atom is -0.326 e. The van der Waals surface area contributed by atoms with Gasteiger partial charge < -0.3 is 10.6 Å². The molecule has 1 spiro atoms. The highest BCUT2D eigenvalue weighted by molar-refractivity contribution is 7.90. The number of aliphatic imine (C=N–C) groups is 1. The molecule has 2 fully saturated rings. The smallest absolute Gasteiger partial charge is 0.262 e. The summed E-state index contributed by atoms with van der Waals surface area (Å²) in [5.41, 5.74) is 0.670. The van der Waals surface area contributed by atoms with Crippen molar-refractivity contribution in [3.8, 4) is 0 Å². The van der Waals surface area contributed by atoms with Crippen molar-refractivity contribution < 1.29 is 13.2 Å². The molecule has 3 N–H and O–H groups in total. The van der Waals surface area contributed by atoms with Crippen molar-refractivity contribution in [2.24, 2.45) is 16.3 Å². The molecule has 7 nitrogen and oxygen atoms in total. The molecule has 1 amide bonds. The lowest BCUT2D eigenvalue weighted by Crippen LogP contribution is -2.31. The maximum atomic E-state index is 12.6. The summed E-state index contributed by atoms with van der Waals surface area (Å²) >= 11 is 0. The zero-order valence-electron chi connectivity index (χ0n) is 15.0. The lowest BCUT2D eigenvalue weighted by Gasteiger charge is -2.23. The van der Waals surface area contributed by atoms with Gasteiger partial charge in [0, 0.05) is 24.6 Å². The first-order valence-corrected chi connectivity index (χ1v) is 10.6. The van der Waals surface area contributed by atoms with Gasteiger partial charge in [0.15, 0.2) is 0 Å². The van der Waals surface area contributed by atoms with Crippen molar-refractivity contribution in [3.63, 3.8) is 0 Å². The number of piperidine rings is 1. The van der Waals surface area contributed by atoms with Crippen LogP contribution in [0, 0.1) is 11.3 Å². The second-order valence-electron chi connectivity index (χ2n) is 7.42. The molecule has 3 aliphatic rings. The number of anilines is 1. The van der Waals surface area contributed by atoms with Gasteiger partial charge in [-0.2, -0.15) is 0 Å². The third kappa shape index (κ3) is 4.28. The van der Waals surface area contributed by atoms with Gasteiger partial charge in [0.05, 0.1) is 4.90 Å². The van der Waals surface area contributed by atoms with Gasteiger partial charge in [0.2, 0.25) is 5.91 Å². The van der Waals surface area contributed by atoms with Crippen molar-refractivity contribution in [3.05, 3.63) is 24.3 Å². The fourth-order valence-electron chi connectivity index (χ4n) is 4.00. The molecule has 1 saturated carbocycles. The van der Waals surface area contributed by atoms with E-state index >= 15 is 0 Å². The maximum Gasteiger partial charge on any atom is 0.262 e. The molecule has 1 aromatic carbocycles. The van der Waals surface area contributed by atoms with E-state index in [2.05, 4.69) is 20.3 Å². The highest BCUT2D eigenvalue weighted by Crippen LogP contribution is 2.58. The van der Waals surface area contributed by atoms with Gasteiger partial charge in [0.1, 0.15) is 5.84 Å². The molecule has 1 saturated heterocycles. The van der Waals surface area contributed by atoms with E-state index in [1.54, 1.807) is 12.1 Å². The van der Waals surface area contributed by atoms with Crippen LogP contribution in [-0.2, 0) is 14.8 Å². The zero-order chi connectivity index (χ0) is 18.2. The molecule has 2 aliphatic heterocycles. The Hall–Kier alpha value is -1.64. The third-order valence-corrected chi connectivity index (χ3v) is 7.02. The normalized spacial score (nSPS) is 23.3. The summed E-state index contributed by atoms with van der Waals surface area (Å²) in [4.78, 5) is 16.9. The Morgan fingerprint density at radius 1 is 1.26 bits per heavy atom. The molecule has 1 atom stereocenters. The molecule has 1 unspecified atom stereocenters. The number of carbonyl (C=O) groups is 1. The van der Waals surface area contributed by atoms with Gasteiger partial charge in [-0.1, -0.05) is 6.07 Å². The van der Waals surface area contributed by atoms with Gasteiger partial charge in [-0.15, -0.1) is 12.4 Å². The first kappa shape index (κ1) is 20.1. The summed E-state index contributed by atoms with van der Waals surface area (Å²) in [6.45, 7) is 2.59. The molecule has 0 radical (unpaired) electrons. The standard InChI is InChI=1S/C18H24N4O3S.ClH/c23-17(15-12-18(15)6-9-19-10-7-18)21-13-3-1-4-14(11-13)26(24,25)22-16-5-2-8-20-16;/h1,3-4,11,15,19H,2,5-10,12H2,(H,20,22)(H,21,23);1H. The van der Waals surface area contributed by atoms with Crippen LogP contribution in [0.3, 0.4) is 0 Å². The van der Waals surface area contributed by atoms with Gasteiger partial charge in [0.25, 0.3) is 10.0 Å². The zero-order valence-corrected chi connectivity index (χ0v) is 16.7. The van der Waals surface area contributed by atoms with E-state index in [9.17, 15) is 13.2 Å². The number of amidine groups is 1. The van der Waals surface area contributed by atoms with Crippen molar-refractivity contribution in [1.82, 2.24) is 10.0 Å². The molecule has 9 heteroatoms. The second kappa shape index (κ2) is 7.77. The Labute approximate surface area is 165 Å². The van der Waals surface area contributed by atoms with Crippen LogP contribution in [-0.4, -0.2) is 39.8 Å². The molecule has 27 heavy (non-hydrogen) atoms. The van der Waals surface area contributed by atoms with Crippen LogP contribution < -0.4 is 15.4 Å². The maximum absolute atomic E-state index is 12.6. The predicted molar refractivity (Wildman–Crippen MR) is 107 cm³/mol. The third-order valence-electron chi connectivity index (χ3n) is 5.64. The van der Waals surface area contributed by atoms with E-state index in [0.29, 0.717) is 24.5 Å². The summed E-state index contributed by atoms with van der Waals surface area (Å²) in [6, 6.07) is 6.40. The molecule has 1 aliphatic carbocycles. The summed E-state index contributed by atoms with van der Waals surface area (Å²) in [6.07, 6.45) is 4.51. The van der Waals surface area contributed by atoms with E-state index in [4.69, 9.17) is 0 Å². The highest BCUT2D eigenvalue weighted by atomic mass is 35.5. The number of nitrogens with one attached hydrogen (secondary N) is 3. The number of halogens is 1. The Kier molecular flexibility index (Phi) is 5.79. The minimum absolute atomic E-state index is 0. The number of hydrogen-bond acceptors (Lipinski definition) is 5. The van der Waals surface area contributed by atoms with Crippen LogP contribution in [0.4, 0.5) is 5.69 Å². The average molecular weight is 413 g/mol. The molecule has 4 rings (SSSR count). The summed E-state index contributed by atoms with van der Waals surface area (Å²) in [5, 5.41) is 6.23. The number of nitrogens with zero attached hydrogens (tertiary/aromatic N) is 1. The average Bonchev–Trinajstić information content (AvgIpc) is 3.07. The fourth-order valence-corrected chi connectivity index (χ4v) is 5.14. The topological polar surface area (TPSA) is 99.7 Å². The summed E-state index contributed by atoms with van der Waals surface area (Å²) in [5.74, 6) is 0.538. The van der Waals surface area contributed by atoms with Gasteiger partial charge in [-0.25, -0.2) is 8.42 Å². The summed E-state index contributed by atoms with van der Waals surface area (Å²) in [7, 11) is -3.67. The molecular formula is C18H25ClN4O3S. The molecule has 0 aromatic heterocycles. The predicted octanol–water partition coefficient (Wildman–Crippen LogP) is 1.91. The molecule has 0 bridgehead atoms. The van der Waals surface area contributed by atoms with E-state index in [1.807, 2.05) is 0 Å². The van der Waals surface area contributed by atoms with Crippen molar-refractivity contribution in [2.75, 3.05) is 25.0 Å². The Morgan fingerprint density at radius 2 is 2.04 bits per heavy atom. The van der Waals surface area contributed by atoms with Crippen LogP contribution in [0.1, 0.15) is 32.1 Å². The van der Waals surface area contributed by atoms with E-state index < -0.39 is 10.0 Å². The van der Waals surface area contributed by atoms with Gasteiger partial charge >= 0.3 is 0 Å². The van der Waals surface area contributed by atoms with Crippen LogP contribution in [0.15, 0.2) is 34.2 Å². The highest BCUT2D eigenvalue weighted by Gasteiger charge is 2.57. The lowest BCUT2D eigenvalue weighted by atomic mass is 9.92. The Morgan fingerprint density at radius 3 is 2.74 bits per heavy atom. The van der Waals surface area contributed by atoms with Crippen LogP contribution in [0.25, 0.3) is 0 Å². The molecule has 1 aromatic rings. The Balaban J connectivity index is 0.00000210. The van der Waals surface area contributed by atoms with Gasteiger partial charge in [-0.3, -0.25) is 14.5 Å². The van der Waals surface area contributed by atoms with Crippen molar-refractivity contribution in [1.29, 1.82) is 0 Å². The monoisotopic (exact) mass is 412 g/mol. The molecular weight excluding hydrogens is 388 g/mol. The largest absolute Gasteiger partial charge is 0.326 e. The van der Waals surface area contributed by atoms with Crippen molar-refractivity contribution in [2.45, 2.75) is 37.0 Å². The number of hydrogen-bond donors (Lipinski definition) is 3. The van der Waals surface area contributed by atoms with E-state index in [1.165, 1.54) is 12.1 Å². The van der Waals surface area contributed by atoms with E-state index in [0.717, 1.165) is 38.8 Å². The Bertz CT molecular complexity index is 850. The molecule has 148 valence electrons. The first-order valence-electron chi connectivity index (χ1n) is 9.16. The number of sulfonamides is 1. The lowest BCUT2D eigenvalue weighted by molar-refractivity contribution is -0.118. The quantitative estimate of drug-likeness (QED) is 0.703. The number of rotatable bonds is 4. The minimum atomic E-state index is -3.67. The van der Waals surface area contributed by atoms with Crippen LogP contribution in [0.5, 0.6) is 0 Å². The number of amides is 1. The first-order chi connectivity index (χ1) is 12.5. The van der Waals surface area contributed by atoms with Crippen LogP contribution >= 0.6 is 12.4 Å². The number of benzene rings is 1. The van der Waals surface area contributed by atoms with Crippen molar-refractivity contribution >= 4 is 39.9 Å². The van der Waals surface area contributed by atoms with Crippen LogP contribution in [0.2, 0.25) is 0 Å². The molecule has 2 heterocycles. The fraction of sp³-hybridized carbons (Fsp3) is 0.556. The number of carbonyl (C=O) groups excluding carboxylic acids is 1. The second-order valence-corrected chi connectivity index (χ2v) is 9.11. The SMILES string of the molecule is Cl.O=C(Nc1cccc(S(=O)(=O)NC2=NCCC2)c1)C1CC12CCNCC2. The summed E-state index contributed by atoms with van der Waals surface area (Å²) < 4.78 is 27.5. The van der Waals surface area contributed by atoms with E-state index in [-0.39, 0.29) is 34.5 Å².